The average Bonchev–Trinajstić information content (AvgIpc) is 3.34. The zero-order valence-electron chi connectivity index (χ0n) is 16.3. The summed E-state index contributed by atoms with van der Waals surface area (Å²) in [4.78, 5) is 19.5. The highest BCUT2D eigenvalue weighted by Gasteiger charge is 2.19. The molecule has 2 aliphatic rings. The maximum absolute atomic E-state index is 12.5. The van der Waals surface area contributed by atoms with Gasteiger partial charge in [-0.25, -0.2) is 4.98 Å². The Morgan fingerprint density at radius 1 is 1.36 bits per heavy atom. The fraction of sp³-hybridized carbons (Fsp3) is 0.632. The van der Waals surface area contributed by atoms with Crippen molar-refractivity contribution in [3.05, 3.63) is 29.0 Å². The molecule has 9 heteroatoms. The molecule has 2 aromatic heterocycles. The minimum absolute atomic E-state index is 0. The Balaban J connectivity index is 0.00000225. The topological polar surface area (TPSA) is 75.1 Å². The highest BCUT2D eigenvalue weighted by atomic mass is 35.5. The number of aromatic nitrogens is 3. The molecule has 0 bridgehead atoms. The van der Waals surface area contributed by atoms with Crippen LogP contribution in [0.5, 0.6) is 0 Å². The lowest BCUT2D eigenvalue weighted by Gasteiger charge is -2.29. The zero-order valence-corrected chi connectivity index (χ0v) is 17.9. The molecule has 0 saturated carbocycles. The molecule has 2 fully saturated rings. The minimum Gasteiger partial charge on any atom is -0.315 e. The summed E-state index contributed by atoms with van der Waals surface area (Å²) < 4.78 is 1.91. The average molecular weight is 425 g/mol. The standard InChI is InChI=1S/C19H28N6OS.ClH/c1-14-4-8-24(9-5-14)12-15-13-27-19(21-15)22-18(26)17-6-10-25(23-17)16-3-2-7-20-11-16;/h6,10,13-14,16,20H,2-5,7-9,11-12H2,1H3,(H,21,22,26);1H. The number of anilines is 1. The predicted molar refractivity (Wildman–Crippen MR) is 114 cm³/mol. The Bertz CT molecular complexity index is 764. The summed E-state index contributed by atoms with van der Waals surface area (Å²) in [6, 6.07) is 2.12. The number of amides is 1. The van der Waals surface area contributed by atoms with Gasteiger partial charge in [-0.1, -0.05) is 6.92 Å². The van der Waals surface area contributed by atoms with Crippen LogP contribution in [-0.2, 0) is 6.54 Å². The Labute approximate surface area is 176 Å². The van der Waals surface area contributed by atoms with Gasteiger partial charge in [0, 0.05) is 24.7 Å². The van der Waals surface area contributed by atoms with Gasteiger partial charge in [0.15, 0.2) is 10.8 Å². The molecule has 1 atom stereocenters. The minimum atomic E-state index is -0.190. The molecule has 4 rings (SSSR count). The number of thiazole rings is 1. The SMILES string of the molecule is CC1CCN(Cc2csc(NC(=O)c3ccn(C4CCCNC4)n3)n2)CC1.Cl. The summed E-state index contributed by atoms with van der Waals surface area (Å²) in [7, 11) is 0. The summed E-state index contributed by atoms with van der Waals surface area (Å²) in [6.45, 7) is 7.42. The summed E-state index contributed by atoms with van der Waals surface area (Å²) in [5, 5.41) is 13.4. The van der Waals surface area contributed by atoms with E-state index in [-0.39, 0.29) is 18.3 Å². The second kappa shape index (κ2) is 9.82. The van der Waals surface area contributed by atoms with Gasteiger partial charge in [-0.15, -0.1) is 23.7 Å². The van der Waals surface area contributed by atoms with Gasteiger partial charge in [0.25, 0.3) is 5.91 Å². The van der Waals surface area contributed by atoms with E-state index in [0.717, 1.165) is 57.2 Å². The largest absolute Gasteiger partial charge is 0.315 e. The summed E-state index contributed by atoms with van der Waals surface area (Å²) in [5.74, 6) is 0.640. The second-order valence-corrected chi connectivity index (χ2v) is 8.60. The van der Waals surface area contributed by atoms with Crippen molar-refractivity contribution in [1.82, 2.24) is 25.0 Å². The molecule has 1 amide bonds. The van der Waals surface area contributed by atoms with Crippen molar-refractivity contribution < 1.29 is 4.79 Å². The Morgan fingerprint density at radius 3 is 2.93 bits per heavy atom. The third-order valence-electron chi connectivity index (χ3n) is 5.52. The van der Waals surface area contributed by atoms with Crippen LogP contribution in [0.2, 0.25) is 0 Å². The Kier molecular flexibility index (Phi) is 7.45. The van der Waals surface area contributed by atoms with E-state index in [1.807, 2.05) is 16.3 Å². The third-order valence-corrected chi connectivity index (χ3v) is 6.33. The summed E-state index contributed by atoms with van der Waals surface area (Å²) >= 11 is 1.48. The van der Waals surface area contributed by atoms with E-state index in [2.05, 4.69) is 32.5 Å². The fourth-order valence-electron chi connectivity index (χ4n) is 3.77. The van der Waals surface area contributed by atoms with Gasteiger partial charge in [0.1, 0.15) is 0 Å². The maximum atomic E-state index is 12.5. The molecule has 2 aromatic rings. The van der Waals surface area contributed by atoms with Crippen molar-refractivity contribution in [2.45, 2.75) is 45.2 Å². The number of carbonyl (C=O) groups is 1. The van der Waals surface area contributed by atoms with E-state index in [0.29, 0.717) is 16.9 Å². The van der Waals surface area contributed by atoms with Crippen LogP contribution in [0.1, 0.15) is 54.8 Å². The number of nitrogens with zero attached hydrogens (tertiary/aromatic N) is 4. The lowest BCUT2D eigenvalue weighted by molar-refractivity contribution is 0.102. The van der Waals surface area contributed by atoms with E-state index in [1.165, 1.54) is 24.2 Å². The first-order valence-corrected chi connectivity index (χ1v) is 10.8. The molecule has 1 unspecified atom stereocenters. The van der Waals surface area contributed by atoms with Crippen molar-refractivity contribution >= 4 is 34.8 Å². The molecule has 4 heterocycles. The first-order chi connectivity index (χ1) is 13.2. The number of piperidine rings is 2. The maximum Gasteiger partial charge on any atom is 0.277 e. The lowest BCUT2D eigenvalue weighted by atomic mass is 9.99. The molecule has 28 heavy (non-hydrogen) atoms. The van der Waals surface area contributed by atoms with Crippen molar-refractivity contribution in [3.63, 3.8) is 0 Å². The van der Waals surface area contributed by atoms with Gasteiger partial charge in [-0.3, -0.25) is 19.7 Å². The van der Waals surface area contributed by atoms with Crippen LogP contribution in [0.4, 0.5) is 5.13 Å². The van der Waals surface area contributed by atoms with E-state index in [9.17, 15) is 4.79 Å². The van der Waals surface area contributed by atoms with Gasteiger partial charge >= 0.3 is 0 Å². The molecule has 7 nitrogen and oxygen atoms in total. The normalized spacial score (nSPS) is 21.2. The van der Waals surface area contributed by atoms with Gasteiger partial charge in [-0.05, 0) is 57.3 Å². The number of carbonyl (C=O) groups excluding carboxylic acids is 1. The number of nitrogens with one attached hydrogen (secondary N) is 2. The molecular weight excluding hydrogens is 396 g/mol. The number of hydrogen-bond donors (Lipinski definition) is 2. The Morgan fingerprint density at radius 2 is 2.18 bits per heavy atom. The van der Waals surface area contributed by atoms with Crippen molar-refractivity contribution in [3.8, 4) is 0 Å². The number of rotatable bonds is 5. The summed E-state index contributed by atoms with van der Waals surface area (Å²) in [5.41, 5.74) is 1.48. The van der Waals surface area contributed by atoms with Crippen LogP contribution in [-0.4, -0.2) is 51.8 Å². The lowest BCUT2D eigenvalue weighted by Crippen LogP contribution is -2.32. The number of hydrogen-bond acceptors (Lipinski definition) is 6. The molecule has 2 aliphatic heterocycles. The fourth-order valence-corrected chi connectivity index (χ4v) is 4.47. The first-order valence-electron chi connectivity index (χ1n) is 9.91. The molecule has 0 aromatic carbocycles. The van der Waals surface area contributed by atoms with Gasteiger partial charge in [0.05, 0.1) is 11.7 Å². The first kappa shape index (κ1) is 21.2. The Hall–Kier alpha value is -1.48. The van der Waals surface area contributed by atoms with Crippen LogP contribution >= 0.6 is 23.7 Å². The van der Waals surface area contributed by atoms with Gasteiger partial charge < -0.3 is 5.32 Å². The smallest absolute Gasteiger partial charge is 0.277 e. The van der Waals surface area contributed by atoms with Gasteiger partial charge in [0.2, 0.25) is 0 Å². The molecule has 2 saturated heterocycles. The van der Waals surface area contributed by atoms with E-state index in [1.54, 1.807) is 6.07 Å². The van der Waals surface area contributed by atoms with E-state index < -0.39 is 0 Å². The van der Waals surface area contributed by atoms with Crippen LogP contribution in [0.3, 0.4) is 0 Å². The molecule has 0 spiro atoms. The zero-order chi connectivity index (χ0) is 18.6. The predicted octanol–water partition coefficient (Wildman–Crippen LogP) is 3.17. The van der Waals surface area contributed by atoms with Crippen LogP contribution in [0.15, 0.2) is 17.6 Å². The monoisotopic (exact) mass is 424 g/mol. The van der Waals surface area contributed by atoms with Crippen LogP contribution in [0.25, 0.3) is 0 Å². The van der Waals surface area contributed by atoms with Crippen molar-refractivity contribution in [2.75, 3.05) is 31.5 Å². The molecular formula is C19H29ClN6OS. The van der Waals surface area contributed by atoms with E-state index in [4.69, 9.17) is 0 Å². The van der Waals surface area contributed by atoms with Crippen LogP contribution < -0.4 is 10.6 Å². The molecule has 0 aliphatic carbocycles. The molecule has 2 N–H and O–H groups in total. The van der Waals surface area contributed by atoms with Crippen LogP contribution in [0, 0.1) is 5.92 Å². The third kappa shape index (κ3) is 5.31. The highest BCUT2D eigenvalue weighted by molar-refractivity contribution is 7.13. The highest BCUT2D eigenvalue weighted by Crippen LogP contribution is 2.21. The van der Waals surface area contributed by atoms with Gasteiger partial charge in [-0.2, -0.15) is 5.10 Å². The van der Waals surface area contributed by atoms with Crippen molar-refractivity contribution in [2.24, 2.45) is 5.92 Å². The van der Waals surface area contributed by atoms with E-state index >= 15 is 0 Å². The van der Waals surface area contributed by atoms with Crippen molar-refractivity contribution in [1.29, 1.82) is 0 Å². The molecule has 0 radical (unpaired) electrons. The summed E-state index contributed by atoms with van der Waals surface area (Å²) in [6.07, 6.45) is 6.65. The molecule has 154 valence electrons. The second-order valence-electron chi connectivity index (χ2n) is 7.74. The number of likely N-dealkylation sites (tertiary alicyclic amines) is 1. The number of halogens is 1. The quantitative estimate of drug-likeness (QED) is 0.771.